The molecule has 0 saturated heterocycles. The largest absolute Gasteiger partial charge is 0.481 e. The van der Waals surface area contributed by atoms with Gasteiger partial charge >= 0.3 is 5.97 Å². The van der Waals surface area contributed by atoms with Crippen molar-refractivity contribution >= 4 is 23.5 Å². The molecule has 1 aromatic carbocycles. The van der Waals surface area contributed by atoms with Crippen molar-refractivity contribution in [3.8, 4) is 0 Å². The van der Waals surface area contributed by atoms with Crippen molar-refractivity contribution in [2.45, 2.75) is 44.2 Å². The molecule has 1 saturated carbocycles. The Labute approximate surface area is 150 Å². The monoisotopic (exact) mass is 361 g/mol. The Morgan fingerprint density at radius 1 is 1.24 bits per heavy atom. The summed E-state index contributed by atoms with van der Waals surface area (Å²) in [6, 6.07) is 8.17. The van der Waals surface area contributed by atoms with Crippen LogP contribution >= 0.6 is 11.6 Å². The van der Waals surface area contributed by atoms with Crippen molar-refractivity contribution in [3.05, 3.63) is 52.8 Å². The average Bonchev–Trinajstić information content (AvgIpc) is 3.26. The van der Waals surface area contributed by atoms with Gasteiger partial charge in [-0.1, -0.05) is 36.6 Å². The Bertz CT molecular complexity index is 751. The lowest BCUT2D eigenvalue weighted by Gasteiger charge is -2.17. The van der Waals surface area contributed by atoms with Crippen molar-refractivity contribution in [1.29, 1.82) is 0 Å². The van der Waals surface area contributed by atoms with Crippen molar-refractivity contribution in [1.82, 2.24) is 15.1 Å². The summed E-state index contributed by atoms with van der Waals surface area (Å²) in [7, 11) is 0. The number of amides is 1. The third kappa shape index (κ3) is 4.39. The summed E-state index contributed by atoms with van der Waals surface area (Å²) in [5.41, 5.74) is 0.992. The molecule has 1 fully saturated rings. The predicted molar refractivity (Wildman–Crippen MR) is 93.6 cm³/mol. The molecule has 6 nitrogen and oxygen atoms in total. The van der Waals surface area contributed by atoms with Crippen molar-refractivity contribution in [2.75, 3.05) is 0 Å². The Balaban J connectivity index is 1.73. The lowest BCUT2D eigenvalue weighted by atomic mass is 10.0. The molecule has 0 spiro atoms. The van der Waals surface area contributed by atoms with E-state index in [1.807, 2.05) is 10.9 Å². The van der Waals surface area contributed by atoms with Crippen molar-refractivity contribution in [2.24, 2.45) is 0 Å². The molecule has 1 atom stereocenters. The summed E-state index contributed by atoms with van der Waals surface area (Å²) in [6.45, 7) is 0. The molecule has 1 aliphatic rings. The number of carbonyl (C=O) groups is 2. The summed E-state index contributed by atoms with van der Waals surface area (Å²) >= 11 is 5.87. The number of carboxylic acids is 1. The number of hydrogen-bond donors (Lipinski definition) is 2. The Kier molecular flexibility index (Phi) is 5.38. The van der Waals surface area contributed by atoms with Crippen LogP contribution in [0.1, 0.15) is 60.2 Å². The molecule has 0 aliphatic heterocycles. The van der Waals surface area contributed by atoms with E-state index in [1.54, 1.807) is 30.3 Å². The first-order valence-electron chi connectivity index (χ1n) is 8.36. The lowest BCUT2D eigenvalue weighted by molar-refractivity contribution is -0.137. The van der Waals surface area contributed by atoms with Gasteiger partial charge in [0.2, 0.25) is 0 Å². The number of aromatic nitrogens is 2. The van der Waals surface area contributed by atoms with E-state index in [2.05, 4.69) is 10.4 Å². The number of carbonyl (C=O) groups excluding carboxylic acids is 1. The highest BCUT2D eigenvalue weighted by Crippen LogP contribution is 2.28. The summed E-state index contributed by atoms with van der Waals surface area (Å²) < 4.78 is 1.84. The van der Waals surface area contributed by atoms with Crippen molar-refractivity contribution < 1.29 is 14.7 Å². The molecule has 132 valence electrons. The quantitative estimate of drug-likeness (QED) is 0.823. The van der Waals surface area contributed by atoms with Gasteiger partial charge in [0.15, 0.2) is 0 Å². The number of rotatable bonds is 6. The fourth-order valence-electron chi connectivity index (χ4n) is 3.19. The van der Waals surface area contributed by atoms with E-state index < -0.39 is 12.0 Å². The molecule has 0 radical (unpaired) electrons. The van der Waals surface area contributed by atoms with Gasteiger partial charge in [0.05, 0.1) is 18.5 Å². The number of nitrogens with zero attached hydrogens (tertiary/aromatic N) is 2. The van der Waals surface area contributed by atoms with Crippen molar-refractivity contribution in [3.63, 3.8) is 0 Å². The van der Waals surface area contributed by atoms with Gasteiger partial charge in [0.1, 0.15) is 5.69 Å². The predicted octanol–water partition coefficient (Wildman–Crippen LogP) is 3.60. The third-order valence-electron chi connectivity index (χ3n) is 4.50. The summed E-state index contributed by atoms with van der Waals surface area (Å²) in [5, 5.41) is 16.8. The van der Waals surface area contributed by atoms with Crippen LogP contribution in [0.2, 0.25) is 5.02 Å². The molecule has 0 bridgehead atoms. The minimum absolute atomic E-state index is 0.212. The molecule has 2 aromatic rings. The van der Waals surface area contributed by atoms with Crippen LogP contribution in [0.4, 0.5) is 0 Å². The molecule has 1 amide bonds. The molecule has 1 aromatic heterocycles. The van der Waals surface area contributed by atoms with Crippen LogP contribution in [0.3, 0.4) is 0 Å². The number of benzene rings is 1. The second kappa shape index (κ2) is 7.70. The number of nitrogens with one attached hydrogen (secondary N) is 1. The lowest BCUT2D eigenvalue weighted by Crippen LogP contribution is -2.30. The summed E-state index contributed by atoms with van der Waals surface area (Å²) in [5.74, 6) is -1.37. The van der Waals surface area contributed by atoms with Crippen LogP contribution in [-0.2, 0) is 4.79 Å². The Morgan fingerprint density at radius 2 is 1.92 bits per heavy atom. The second-order valence-corrected chi connectivity index (χ2v) is 6.73. The minimum atomic E-state index is -0.989. The molecular formula is C18H20ClN3O3. The van der Waals surface area contributed by atoms with Gasteiger partial charge in [-0.05, 0) is 36.6 Å². The molecule has 2 N–H and O–H groups in total. The van der Waals surface area contributed by atoms with E-state index in [4.69, 9.17) is 16.7 Å². The number of aliphatic carboxylic acids is 1. The molecule has 1 aliphatic carbocycles. The van der Waals surface area contributed by atoms with E-state index >= 15 is 0 Å². The van der Waals surface area contributed by atoms with Crippen LogP contribution in [0.5, 0.6) is 0 Å². The fourth-order valence-corrected chi connectivity index (χ4v) is 3.31. The van der Waals surface area contributed by atoms with Gasteiger partial charge in [-0.2, -0.15) is 5.10 Å². The van der Waals surface area contributed by atoms with Gasteiger partial charge in [-0.15, -0.1) is 0 Å². The standard InChI is InChI=1S/C18H20ClN3O3/c19-13-7-5-12(6-8-13)16(11-17(23)24)20-18(25)15-9-10-22(21-15)14-3-1-2-4-14/h5-10,14,16H,1-4,11H2,(H,20,25)(H,23,24)/t16-/m0/s1. The molecular weight excluding hydrogens is 342 g/mol. The molecule has 25 heavy (non-hydrogen) atoms. The third-order valence-corrected chi connectivity index (χ3v) is 4.75. The zero-order valence-electron chi connectivity index (χ0n) is 13.7. The van der Waals surface area contributed by atoms with E-state index in [1.165, 1.54) is 12.8 Å². The molecule has 3 rings (SSSR count). The zero-order valence-corrected chi connectivity index (χ0v) is 14.4. The second-order valence-electron chi connectivity index (χ2n) is 6.29. The van der Waals surface area contributed by atoms with E-state index in [-0.39, 0.29) is 12.3 Å². The fraction of sp³-hybridized carbons (Fsp3) is 0.389. The summed E-state index contributed by atoms with van der Waals surface area (Å²) in [6.07, 6.45) is 6.13. The molecule has 1 heterocycles. The van der Waals surface area contributed by atoms with Gasteiger partial charge in [-0.3, -0.25) is 14.3 Å². The number of hydrogen-bond acceptors (Lipinski definition) is 3. The first-order valence-corrected chi connectivity index (χ1v) is 8.74. The normalized spacial score (nSPS) is 15.9. The van der Waals surface area contributed by atoms with Crippen LogP contribution in [0.25, 0.3) is 0 Å². The topological polar surface area (TPSA) is 84.2 Å². The SMILES string of the molecule is O=C(O)C[C@H](NC(=O)c1ccn(C2CCCC2)n1)c1ccc(Cl)cc1. The highest BCUT2D eigenvalue weighted by Gasteiger charge is 2.22. The van der Waals surface area contributed by atoms with E-state index in [0.29, 0.717) is 22.3 Å². The minimum Gasteiger partial charge on any atom is -0.481 e. The smallest absolute Gasteiger partial charge is 0.305 e. The van der Waals surface area contributed by atoms with Gasteiger partial charge in [0, 0.05) is 11.2 Å². The van der Waals surface area contributed by atoms with Crippen LogP contribution < -0.4 is 5.32 Å². The summed E-state index contributed by atoms with van der Waals surface area (Å²) in [4.78, 5) is 23.6. The Hall–Kier alpha value is -2.34. The van der Waals surface area contributed by atoms with Crippen LogP contribution in [0.15, 0.2) is 36.5 Å². The highest BCUT2D eigenvalue weighted by molar-refractivity contribution is 6.30. The van der Waals surface area contributed by atoms with Crippen LogP contribution in [-0.4, -0.2) is 26.8 Å². The van der Waals surface area contributed by atoms with Gasteiger partial charge in [0.25, 0.3) is 5.91 Å². The Morgan fingerprint density at radius 3 is 2.56 bits per heavy atom. The maximum atomic E-state index is 12.5. The van der Waals surface area contributed by atoms with E-state index in [0.717, 1.165) is 12.8 Å². The maximum Gasteiger partial charge on any atom is 0.305 e. The maximum absolute atomic E-state index is 12.5. The van der Waals surface area contributed by atoms with Gasteiger partial charge in [-0.25, -0.2) is 0 Å². The number of carboxylic acid groups (broad SMARTS) is 1. The van der Waals surface area contributed by atoms with E-state index in [9.17, 15) is 9.59 Å². The molecule has 7 heteroatoms. The number of halogens is 1. The zero-order chi connectivity index (χ0) is 17.8. The first kappa shape index (κ1) is 17.5. The molecule has 0 unspecified atom stereocenters. The highest BCUT2D eigenvalue weighted by atomic mass is 35.5. The van der Waals surface area contributed by atoms with Gasteiger partial charge < -0.3 is 10.4 Å². The van der Waals surface area contributed by atoms with Crippen LogP contribution in [0, 0.1) is 0 Å². The first-order chi connectivity index (χ1) is 12.0. The average molecular weight is 362 g/mol.